The van der Waals surface area contributed by atoms with Crippen molar-refractivity contribution in [2.24, 2.45) is 0 Å². The monoisotopic (exact) mass is 432 g/mol. The molecule has 30 heavy (non-hydrogen) atoms. The van der Waals surface area contributed by atoms with Gasteiger partial charge in [-0.2, -0.15) is 5.26 Å². The van der Waals surface area contributed by atoms with E-state index in [4.69, 9.17) is 16.3 Å². The number of benzene rings is 3. The van der Waals surface area contributed by atoms with Crippen LogP contribution in [0.3, 0.4) is 0 Å². The summed E-state index contributed by atoms with van der Waals surface area (Å²) in [5, 5.41) is 19.3. The molecule has 1 aromatic heterocycles. The molecule has 148 valence electrons. The number of hydrogen-bond acceptors (Lipinski definition) is 5. The zero-order valence-electron chi connectivity index (χ0n) is 15.9. The van der Waals surface area contributed by atoms with Crippen LogP contribution in [0.1, 0.15) is 17.0 Å². The van der Waals surface area contributed by atoms with Crippen molar-refractivity contribution in [3.05, 3.63) is 101 Å². The van der Waals surface area contributed by atoms with Gasteiger partial charge in [-0.15, -0.1) is 10.2 Å². The van der Waals surface area contributed by atoms with Crippen LogP contribution in [-0.2, 0) is 12.4 Å². The second-order valence-corrected chi connectivity index (χ2v) is 7.70. The minimum absolute atomic E-state index is 0.223. The lowest BCUT2D eigenvalue weighted by Gasteiger charge is -2.12. The van der Waals surface area contributed by atoms with E-state index in [-0.39, 0.29) is 6.61 Å². The van der Waals surface area contributed by atoms with Crippen LogP contribution < -0.4 is 4.74 Å². The largest absolute Gasteiger partial charge is 0.484 e. The topological polar surface area (TPSA) is 63.7 Å². The molecule has 0 bridgehead atoms. The molecule has 0 spiro atoms. The van der Waals surface area contributed by atoms with Gasteiger partial charge in [0.25, 0.3) is 0 Å². The zero-order valence-corrected chi connectivity index (χ0v) is 17.5. The van der Waals surface area contributed by atoms with E-state index in [2.05, 4.69) is 16.3 Å². The molecule has 0 aliphatic carbocycles. The molecule has 0 amide bonds. The fourth-order valence-electron chi connectivity index (χ4n) is 2.93. The predicted molar refractivity (Wildman–Crippen MR) is 118 cm³/mol. The van der Waals surface area contributed by atoms with Crippen molar-refractivity contribution in [3.63, 3.8) is 0 Å². The summed E-state index contributed by atoms with van der Waals surface area (Å²) in [4.78, 5) is 0. The molecule has 5 nitrogen and oxygen atoms in total. The average molecular weight is 433 g/mol. The summed E-state index contributed by atoms with van der Waals surface area (Å²) in [5.74, 6) is 1.87. The first-order valence-corrected chi connectivity index (χ1v) is 10.6. The molecule has 1 heterocycles. The van der Waals surface area contributed by atoms with Gasteiger partial charge in [0.15, 0.2) is 11.0 Å². The highest BCUT2D eigenvalue weighted by molar-refractivity contribution is 7.98. The van der Waals surface area contributed by atoms with Crippen molar-refractivity contribution >= 4 is 23.4 Å². The van der Waals surface area contributed by atoms with Crippen LogP contribution in [0.4, 0.5) is 0 Å². The molecular weight excluding hydrogens is 416 g/mol. The molecule has 0 radical (unpaired) electrons. The highest BCUT2D eigenvalue weighted by atomic mass is 35.5. The van der Waals surface area contributed by atoms with Gasteiger partial charge in [-0.3, -0.25) is 4.57 Å². The Morgan fingerprint density at radius 2 is 1.67 bits per heavy atom. The molecule has 0 aliphatic heterocycles. The van der Waals surface area contributed by atoms with E-state index in [0.717, 1.165) is 16.4 Å². The first kappa shape index (κ1) is 20.0. The Morgan fingerprint density at radius 1 is 0.933 bits per heavy atom. The van der Waals surface area contributed by atoms with Crippen LogP contribution in [0.2, 0.25) is 5.02 Å². The van der Waals surface area contributed by atoms with E-state index < -0.39 is 0 Å². The Bertz CT molecular complexity index is 1190. The van der Waals surface area contributed by atoms with E-state index in [9.17, 15) is 5.26 Å². The lowest BCUT2D eigenvalue weighted by atomic mass is 10.1. The maximum atomic E-state index is 9.33. The number of aromatic nitrogens is 3. The summed E-state index contributed by atoms with van der Waals surface area (Å²) in [5.41, 5.74) is 2.57. The van der Waals surface area contributed by atoms with Gasteiger partial charge in [0.1, 0.15) is 12.4 Å². The summed E-state index contributed by atoms with van der Waals surface area (Å²) in [7, 11) is 0. The highest BCUT2D eigenvalue weighted by Gasteiger charge is 2.16. The van der Waals surface area contributed by atoms with Gasteiger partial charge in [0.2, 0.25) is 0 Å². The van der Waals surface area contributed by atoms with E-state index in [1.165, 1.54) is 11.8 Å². The summed E-state index contributed by atoms with van der Waals surface area (Å²) in [6, 6.07) is 27.0. The van der Waals surface area contributed by atoms with Crippen LogP contribution in [0.25, 0.3) is 5.69 Å². The third kappa shape index (κ3) is 4.48. The predicted octanol–water partition coefficient (Wildman–Crippen LogP) is 5.66. The Kier molecular flexibility index (Phi) is 6.33. The minimum atomic E-state index is 0.223. The Morgan fingerprint density at radius 3 is 2.47 bits per heavy atom. The number of nitrogens with zero attached hydrogens (tertiary/aromatic N) is 4. The SMILES string of the molecule is N#Cc1ccccc1CSc1nnc(COc2ccccc2Cl)n1-c1ccccc1. The molecule has 7 heteroatoms. The van der Waals surface area contributed by atoms with E-state index in [1.807, 2.05) is 77.4 Å². The van der Waals surface area contributed by atoms with E-state index in [1.54, 1.807) is 6.07 Å². The van der Waals surface area contributed by atoms with Gasteiger partial charge < -0.3 is 4.74 Å². The van der Waals surface area contributed by atoms with Crippen LogP contribution in [0.15, 0.2) is 84.0 Å². The Balaban J connectivity index is 1.61. The van der Waals surface area contributed by atoms with Crippen molar-refractivity contribution < 1.29 is 4.74 Å². The Labute approximate surface area is 183 Å². The molecule has 4 aromatic rings. The van der Waals surface area contributed by atoms with Gasteiger partial charge in [-0.05, 0) is 35.9 Å². The van der Waals surface area contributed by atoms with E-state index in [0.29, 0.717) is 27.9 Å². The fraction of sp³-hybridized carbons (Fsp3) is 0.0870. The van der Waals surface area contributed by atoms with Crippen LogP contribution in [-0.4, -0.2) is 14.8 Å². The quantitative estimate of drug-likeness (QED) is 0.352. The molecule has 0 atom stereocenters. The summed E-state index contributed by atoms with van der Waals surface area (Å²) in [6.07, 6.45) is 0. The second-order valence-electron chi connectivity index (χ2n) is 6.35. The maximum absolute atomic E-state index is 9.33. The number of para-hydroxylation sites is 2. The van der Waals surface area contributed by atoms with Crippen molar-refractivity contribution in [2.75, 3.05) is 0 Å². The fourth-order valence-corrected chi connectivity index (χ4v) is 4.09. The van der Waals surface area contributed by atoms with Gasteiger partial charge in [-0.1, -0.05) is 71.9 Å². The molecule has 3 aromatic carbocycles. The van der Waals surface area contributed by atoms with Gasteiger partial charge in [0, 0.05) is 11.4 Å². The summed E-state index contributed by atoms with van der Waals surface area (Å²) >= 11 is 7.73. The first-order chi connectivity index (χ1) is 14.8. The molecule has 0 aliphatic rings. The van der Waals surface area contributed by atoms with Gasteiger partial charge in [0.05, 0.1) is 16.7 Å². The smallest absolute Gasteiger partial charge is 0.196 e. The lowest BCUT2D eigenvalue weighted by Crippen LogP contribution is -2.07. The van der Waals surface area contributed by atoms with E-state index >= 15 is 0 Å². The number of rotatable bonds is 7. The average Bonchev–Trinajstić information content (AvgIpc) is 3.20. The third-order valence-electron chi connectivity index (χ3n) is 4.40. The van der Waals surface area contributed by atoms with Crippen LogP contribution in [0.5, 0.6) is 5.75 Å². The second kappa shape index (κ2) is 9.49. The molecule has 0 N–H and O–H groups in total. The molecular formula is C23H17ClN4OS. The van der Waals surface area contributed by atoms with Crippen LogP contribution in [0, 0.1) is 11.3 Å². The van der Waals surface area contributed by atoms with Crippen LogP contribution >= 0.6 is 23.4 Å². The first-order valence-electron chi connectivity index (χ1n) is 9.24. The lowest BCUT2D eigenvalue weighted by molar-refractivity contribution is 0.293. The number of halogens is 1. The molecule has 0 saturated carbocycles. The zero-order chi connectivity index (χ0) is 20.8. The summed E-state index contributed by atoms with van der Waals surface area (Å²) in [6.45, 7) is 0.223. The van der Waals surface area contributed by atoms with Crippen molar-refractivity contribution in [2.45, 2.75) is 17.5 Å². The third-order valence-corrected chi connectivity index (χ3v) is 5.69. The highest BCUT2D eigenvalue weighted by Crippen LogP contribution is 2.28. The maximum Gasteiger partial charge on any atom is 0.196 e. The molecule has 0 fully saturated rings. The number of hydrogen-bond donors (Lipinski definition) is 0. The molecule has 4 rings (SSSR count). The minimum Gasteiger partial charge on any atom is -0.484 e. The number of ether oxygens (including phenoxy) is 1. The Hall–Kier alpha value is -3.27. The number of thioether (sulfide) groups is 1. The van der Waals surface area contributed by atoms with Crippen molar-refractivity contribution in [1.82, 2.24) is 14.8 Å². The van der Waals surface area contributed by atoms with Crippen molar-refractivity contribution in [1.29, 1.82) is 5.26 Å². The van der Waals surface area contributed by atoms with Gasteiger partial charge >= 0.3 is 0 Å². The van der Waals surface area contributed by atoms with Gasteiger partial charge in [-0.25, -0.2) is 0 Å². The van der Waals surface area contributed by atoms with Crippen molar-refractivity contribution in [3.8, 4) is 17.5 Å². The normalized spacial score (nSPS) is 10.5. The molecule has 0 unspecified atom stereocenters. The standard InChI is InChI=1S/C23H17ClN4OS/c24-20-12-6-7-13-21(20)29-15-22-26-27-23(28(22)19-10-2-1-3-11-19)30-16-18-9-5-4-8-17(18)14-25/h1-13H,15-16H2. The molecule has 0 saturated heterocycles. The number of nitriles is 1. The summed E-state index contributed by atoms with van der Waals surface area (Å²) < 4.78 is 7.86.